The molecule has 206 valence electrons. The van der Waals surface area contributed by atoms with E-state index in [4.69, 9.17) is 9.84 Å². The van der Waals surface area contributed by atoms with Gasteiger partial charge in [0, 0.05) is 36.2 Å². The van der Waals surface area contributed by atoms with Gasteiger partial charge in [0.2, 0.25) is 5.91 Å². The number of aliphatic carboxylic acids is 1. The molecular formula is C25H21N5O9S. The minimum Gasteiger partial charge on any atom is -0.478 e. The molecule has 4 heterocycles. The lowest BCUT2D eigenvalue weighted by Crippen LogP contribution is -2.52. The number of carbonyl (C=O) groups excluding carboxylic acids is 4. The molecule has 5 N–H and O–H groups in total. The predicted octanol–water partition coefficient (Wildman–Crippen LogP) is 0.658. The van der Waals surface area contributed by atoms with Gasteiger partial charge in [-0.3, -0.25) is 24.1 Å². The monoisotopic (exact) mass is 567 g/mol. The average Bonchev–Trinajstić information content (AvgIpc) is 3.63. The molecule has 2 unspecified atom stereocenters. The van der Waals surface area contributed by atoms with E-state index in [1.54, 1.807) is 12.1 Å². The number of H-pyrrole nitrogens is 1. The maximum Gasteiger partial charge on any atom is 0.394 e. The summed E-state index contributed by atoms with van der Waals surface area (Å²) in [5, 5.41) is 23.3. The summed E-state index contributed by atoms with van der Waals surface area (Å²) >= 11 is 0.901. The van der Waals surface area contributed by atoms with Gasteiger partial charge in [0.15, 0.2) is 0 Å². The number of aromatic nitrogens is 2. The third-order valence-electron chi connectivity index (χ3n) is 6.52. The second kappa shape index (κ2) is 10.7. The fraction of sp³-hybridized carbons (Fsp3) is 0.240. The number of aromatic amines is 1. The molecule has 0 saturated carbocycles. The van der Waals surface area contributed by atoms with Gasteiger partial charge in [-0.2, -0.15) is 0 Å². The Morgan fingerprint density at radius 2 is 1.85 bits per heavy atom. The number of hydrogen-bond donors (Lipinski definition) is 5. The SMILES string of the molecule is O=C(O)C(=O)Nc1sc2c(c1C(=O)O)CC(CNC(=O)C(Cc1cnc[nH]1)N1C(=O)c3ccccc3C1=O)OC2. The molecule has 0 radical (unpaired) electrons. The van der Waals surface area contributed by atoms with Crippen LogP contribution in [0.2, 0.25) is 0 Å². The molecule has 2 aliphatic rings. The molecular weight excluding hydrogens is 546 g/mol. The van der Waals surface area contributed by atoms with Gasteiger partial charge in [0.25, 0.3) is 11.8 Å². The summed E-state index contributed by atoms with van der Waals surface area (Å²) in [7, 11) is 0. The van der Waals surface area contributed by atoms with Crippen molar-refractivity contribution in [2.45, 2.75) is 31.6 Å². The molecule has 14 nitrogen and oxygen atoms in total. The number of rotatable bonds is 8. The zero-order chi connectivity index (χ0) is 28.6. The molecule has 4 amide bonds. The number of aromatic carboxylic acids is 1. The molecule has 2 aliphatic heterocycles. The molecule has 0 fully saturated rings. The van der Waals surface area contributed by atoms with E-state index >= 15 is 0 Å². The molecule has 2 atom stereocenters. The lowest BCUT2D eigenvalue weighted by Gasteiger charge is -2.27. The minimum atomic E-state index is -1.76. The van der Waals surface area contributed by atoms with Gasteiger partial charge in [-0.15, -0.1) is 11.3 Å². The predicted molar refractivity (Wildman–Crippen MR) is 136 cm³/mol. The Bertz CT molecular complexity index is 1510. The number of fused-ring (bicyclic) bond motifs is 2. The largest absolute Gasteiger partial charge is 0.478 e. The molecule has 0 bridgehead atoms. The van der Waals surface area contributed by atoms with Crippen LogP contribution >= 0.6 is 11.3 Å². The van der Waals surface area contributed by atoms with Crippen molar-refractivity contribution in [1.82, 2.24) is 20.2 Å². The zero-order valence-electron chi connectivity index (χ0n) is 20.5. The molecule has 1 aromatic carbocycles. The van der Waals surface area contributed by atoms with Gasteiger partial charge >= 0.3 is 17.8 Å². The number of carboxylic acid groups (broad SMARTS) is 2. The van der Waals surface area contributed by atoms with Crippen molar-refractivity contribution in [3.8, 4) is 0 Å². The summed E-state index contributed by atoms with van der Waals surface area (Å²) < 4.78 is 5.77. The summed E-state index contributed by atoms with van der Waals surface area (Å²) in [6.45, 7) is -0.105. The van der Waals surface area contributed by atoms with E-state index in [1.165, 1.54) is 24.7 Å². The number of imidazole rings is 1. The van der Waals surface area contributed by atoms with Crippen molar-refractivity contribution < 1.29 is 43.7 Å². The lowest BCUT2D eigenvalue weighted by atomic mass is 10.0. The van der Waals surface area contributed by atoms with E-state index in [-0.39, 0.29) is 47.7 Å². The summed E-state index contributed by atoms with van der Waals surface area (Å²) in [6, 6.07) is 5.08. The number of carbonyl (C=O) groups is 6. The number of amides is 4. The second-order valence-corrected chi connectivity index (χ2v) is 10.1. The fourth-order valence-electron chi connectivity index (χ4n) is 4.66. The number of anilines is 1. The van der Waals surface area contributed by atoms with Crippen LogP contribution < -0.4 is 10.6 Å². The Kier molecular flexibility index (Phi) is 7.15. The lowest BCUT2D eigenvalue weighted by molar-refractivity contribution is -0.147. The molecule has 3 aromatic rings. The third-order valence-corrected chi connectivity index (χ3v) is 7.64. The molecule has 0 saturated heterocycles. The Labute approximate surface area is 229 Å². The number of ether oxygens (including phenoxy) is 1. The number of benzene rings is 1. The van der Waals surface area contributed by atoms with E-state index in [1.807, 2.05) is 0 Å². The van der Waals surface area contributed by atoms with Gasteiger partial charge in [0.05, 0.1) is 35.7 Å². The summed E-state index contributed by atoms with van der Waals surface area (Å²) in [5.41, 5.74) is 1.04. The van der Waals surface area contributed by atoms with E-state index in [2.05, 4.69) is 20.6 Å². The van der Waals surface area contributed by atoms with Crippen LogP contribution in [0, 0.1) is 0 Å². The smallest absolute Gasteiger partial charge is 0.394 e. The Hall–Kier alpha value is -4.89. The number of thiophene rings is 1. The van der Waals surface area contributed by atoms with Crippen LogP contribution in [0.3, 0.4) is 0 Å². The summed E-state index contributed by atoms with van der Waals surface area (Å²) in [5.74, 6) is -6.31. The highest BCUT2D eigenvalue weighted by molar-refractivity contribution is 7.17. The van der Waals surface area contributed by atoms with E-state index in [9.17, 15) is 33.9 Å². The van der Waals surface area contributed by atoms with Crippen molar-refractivity contribution in [2.75, 3.05) is 11.9 Å². The quantitative estimate of drug-likeness (QED) is 0.190. The van der Waals surface area contributed by atoms with Gasteiger partial charge in [-0.1, -0.05) is 12.1 Å². The topological polar surface area (TPSA) is 208 Å². The number of carboxylic acids is 2. The first-order chi connectivity index (χ1) is 19.2. The zero-order valence-corrected chi connectivity index (χ0v) is 21.3. The maximum absolute atomic E-state index is 13.4. The van der Waals surface area contributed by atoms with E-state index in [0.717, 1.165) is 16.2 Å². The standard InChI is InChI=1S/C25H21N5O9S/c31-19(16(5-11-7-26-10-28-11)30-22(33)13-3-1-2-4-14(13)23(30)34)27-8-12-6-15-17(9-39-12)40-21(18(15)24(35)36)29-20(32)25(37)38/h1-4,7,10,12,16H,5-6,8-9H2,(H,26,28)(H,27,31)(H,29,32)(H,35,36)(H,37,38). The minimum absolute atomic E-state index is 0.0205. The van der Waals surface area contributed by atoms with E-state index in [0.29, 0.717) is 16.1 Å². The molecule has 40 heavy (non-hydrogen) atoms. The first kappa shape index (κ1) is 26.7. The van der Waals surface area contributed by atoms with Crippen molar-refractivity contribution in [2.24, 2.45) is 0 Å². The first-order valence-electron chi connectivity index (χ1n) is 11.9. The van der Waals surface area contributed by atoms with Crippen LogP contribution in [0.5, 0.6) is 0 Å². The van der Waals surface area contributed by atoms with Gasteiger partial charge in [-0.25, -0.2) is 14.6 Å². The second-order valence-electron chi connectivity index (χ2n) is 8.98. The maximum atomic E-state index is 13.4. The van der Waals surface area contributed by atoms with Crippen molar-refractivity contribution in [3.05, 3.63) is 69.6 Å². The van der Waals surface area contributed by atoms with Gasteiger partial charge < -0.3 is 30.6 Å². The van der Waals surface area contributed by atoms with Crippen molar-refractivity contribution in [1.29, 1.82) is 0 Å². The highest BCUT2D eigenvalue weighted by Crippen LogP contribution is 2.38. The van der Waals surface area contributed by atoms with Crippen LogP contribution in [0.15, 0.2) is 36.8 Å². The van der Waals surface area contributed by atoms with Crippen LogP contribution in [-0.4, -0.2) is 79.3 Å². The Balaban J connectivity index is 1.32. The Morgan fingerprint density at radius 1 is 1.15 bits per heavy atom. The molecule has 0 aliphatic carbocycles. The Morgan fingerprint density at radius 3 is 2.45 bits per heavy atom. The molecule has 2 aromatic heterocycles. The summed E-state index contributed by atoms with van der Waals surface area (Å²) in [4.78, 5) is 82.3. The van der Waals surface area contributed by atoms with Gasteiger partial charge in [0.1, 0.15) is 11.0 Å². The van der Waals surface area contributed by atoms with Crippen molar-refractivity contribution in [3.63, 3.8) is 0 Å². The number of hydrogen-bond acceptors (Lipinski definition) is 9. The molecule has 15 heteroatoms. The fourth-order valence-corrected chi connectivity index (χ4v) is 5.79. The van der Waals surface area contributed by atoms with Crippen LogP contribution in [0.25, 0.3) is 0 Å². The highest BCUT2D eigenvalue weighted by atomic mass is 32.1. The number of imide groups is 1. The molecule has 0 spiro atoms. The summed E-state index contributed by atoms with van der Waals surface area (Å²) in [6.07, 6.45) is 2.24. The average molecular weight is 568 g/mol. The third kappa shape index (κ3) is 4.94. The number of nitrogens with zero attached hydrogens (tertiary/aromatic N) is 2. The van der Waals surface area contributed by atoms with Gasteiger partial charge in [-0.05, 0) is 17.7 Å². The van der Waals surface area contributed by atoms with Crippen LogP contribution in [0.4, 0.5) is 5.00 Å². The highest BCUT2D eigenvalue weighted by Gasteiger charge is 2.43. The number of nitrogens with one attached hydrogen (secondary N) is 3. The molecule has 5 rings (SSSR count). The first-order valence-corrected chi connectivity index (χ1v) is 12.7. The van der Waals surface area contributed by atoms with E-state index < -0.39 is 47.7 Å². The van der Waals surface area contributed by atoms with Crippen LogP contribution in [-0.2, 0) is 38.6 Å². The normalized spacial score (nSPS) is 16.7. The van der Waals surface area contributed by atoms with Crippen LogP contribution in [0.1, 0.15) is 47.2 Å². The van der Waals surface area contributed by atoms with Crippen molar-refractivity contribution >= 4 is 51.9 Å².